The van der Waals surface area contributed by atoms with Crippen LogP contribution in [0, 0.1) is 6.92 Å². The topological polar surface area (TPSA) is 78.3 Å². The number of anilines is 1. The Balaban J connectivity index is 1.51. The zero-order chi connectivity index (χ0) is 26.9. The van der Waals surface area contributed by atoms with Gasteiger partial charge in [-0.25, -0.2) is 4.79 Å². The highest BCUT2D eigenvalue weighted by Crippen LogP contribution is 2.29. The van der Waals surface area contributed by atoms with Gasteiger partial charge in [0.05, 0.1) is 35.5 Å². The van der Waals surface area contributed by atoms with Crippen molar-refractivity contribution >= 4 is 40.8 Å². The van der Waals surface area contributed by atoms with Crippen LogP contribution in [0.15, 0.2) is 65.1 Å². The van der Waals surface area contributed by atoms with Crippen molar-refractivity contribution in [3.05, 3.63) is 87.8 Å². The van der Waals surface area contributed by atoms with E-state index in [-0.39, 0.29) is 17.5 Å². The number of rotatable bonds is 10. The van der Waals surface area contributed by atoms with Crippen LogP contribution in [-0.2, 0) is 22.6 Å². The number of benzene rings is 2. The molecule has 2 aromatic carbocycles. The van der Waals surface area contributed by atoms with Crippen molar-refractivity contribution in [2.45, 2.75) is 20.0 Å². The number of carbonyl (C=O) groups is 2. The lowest BCUT2D eigenvalue weighted by molar-refractivity contribution is -0.133. The largest absolute Gasteiger partial charge is 0.464 e. The minimum atomic E-state index is -0.427. The second kappa shape index (κ2) is 13.7. The third-order valence-corrected chi connectivity index (χ3v) is 7.13. The van der Waals surface area contributed by atoms with E-state index in [1.807, 2.05) is 49.4 Å². The van der Waals surface area contributed by atoms with Gasteiger partial charge in [0.15, 0.2) is 0 Å². The lowest BCUT2D eigenvalue weighted by Crippen LogP contribution is -2.48. The lowest BCUT2D eigenvalue weighted by Gasteiger charge is -2.31. The van der Waals surface area contributed by atoms with Crippen LogP contribution in [0.5, 0.6) is 0 Å². The van der Waals surface area contributed by atoms with Crippen molar-refractivity contribution < 1.29 is 18.7 Å². The van der Waals surface area contributed by atoms with Gasteiger partial charge < -0.3 is 24.3 Å². The summed E-state index contributed by atoms with van der Waals surface area (Å²) in [6.45, 7) is 6.26. The molecule has 2 heterocycles. The van der Waals surface area contributed by atoms with E-state index in [4.69, 9.17) is 32.4 Å². The highest BCUT2D eigenvalue weighted by molar-refractivity contribution is 6.43. The summed E-state index contributed by atoms with van der Waals surface area (Å²) >= 11 is 12.4. The SMILES string of the molecule is Cc1ccc(CN(Cc2ccccc2)C(=O)CN(CCN2CCOCC2)C(=O)Nc2cccc(Cl)c2Cl)o1. The second-order valence-corrected chi connectivity index (χ2v) is 9.94. The summed E-state index contributed by atoms with van der Waals surface area (Å²) < 4.78 is 11.2. The maximum absolute atomic E-state index is 13.7. The molecule has 0 saturated carbocycles. The predicted molar refractivity (Wildman–Crippen MR) is 148 cm³/mol. The van der Waals surface area contributed by atoms with Crippen LogP contribution in [-0.4, -0.2) is 72.6 Å². The first kappa shape index (κ1) is 28.0. The standard InChI is InChI=1S/C28H32Cl2N4O4/c1-21-10-11-23(38-21)19-34(18-22-6-3-2-4-7-22)26(35)20-33(13-12-32-14-16-37-17-15-32)28(36)31-25-9-5-8-24(29)27(25)30/h2-11H,12-20H2,1H3,(H,31,36). The number of nitrogens with zero attached hydrogens (tertiary/aromatic N) is 3. The lowest BCUT2D eigenvalue weighted by atomic mass is 10.2. The Bertz CT molecular complexity index is 1210. The van der Waals surface area contributed by atoms with Crippen LogP contribution >= 0.6 is 23.2 Å². The highest BCUT2D eigenvalue weighted by Gasteiger charge is 2.24. The monoisotopic (exact) mass is 558 g/mol. The molecule has 4 rings (SSSR count). The van der Waals surface area contributed by atoms with E-state index in [2.05, 4.69) is 10.2 Å². The summed E-state index contributed by atoms with van der Waals surface area (Å²) in [7, 11) is 0. The number of ether oxygens (including phenoxy) is 1. The quantitative estimate of drug-likeness (QED) is 0.365. The fourth-order valence-corrected chi connectivity index (χ4v) is 4.54. The van der Waals surface area contributed by atoms with E-state index in [1.54, 1.807) is 23.1 Å². The third kappa shape index (κ3) is 7.98. The zero-order valence-corrected chi connectivity index (χ0v) is 22.9. The minimum Gasteiger partial charge on any atom is -0.464 e. The number of urea groups is 1. The van der Waals surface area contributed by atoms with Crippen LogP contribution in [0.1, 0.15) is 17.1 Å². The Morgan fingerprint density at radius 2 is 1.71 bits per heavy atom. The molecule has 1 aliphatic heterocycles. The number of amides is 3. The van der Waals surface area contributed by atoms with Crippen molar-refractivity contribution in [3.63, 3.8) is 0 Å². The Morgan fingerprint density at radius 3 is 2.42 bits per heavy atom. The Morgan fingerprint density at radius 1 is 0.947 bits per heavy atom. The van der Waals surface area contributed by atoms with Crippen molar-refractivity contribution in [2.75, 3.05) is 51.3 Å². The molecule has 0 spiro atoms. The highest BCUT2D eigenvalue weighted by atomic mass is 35.5. The number of hydrogen-bond acceptors (Lipinski definition) is 5. The van der Waals surface area contributed by atoms with Crippen molar-refractivity contribution in [2.24, 2.45) is 0 Å². The van der Waals surface area contributed by atoms with E-state index in [0.717, 1.165) is 24.4 Å². The first-order chi connectivity index (χ1) is 18.4. The molecular weight excluding hydrogens is 527 g/mol. The molecule has 0 unspecified atom stereocenters. The number of aryl methyl sites for hydroxylation is 1. The van der Waals surface area contributed by atoms with Gasteiger partial charge in [0, 0.05) is 32.7 Å². The molecule has 10 heteroatoms. The van der Waals surface area contributed by atoms with Gasteiger partial charge in [0.2, 0.25) is 5.91 Å². The van der Waals surface area contributed by atoms with E-state index >= 15 is 0 Å². The predicted octanol–water partition coefficient (Wildman–Crippen LogP) is 5.29. The maximum atomic E-state index is 13.7. The van der Waals surface area contributed by atoms with Crippen LogP contribution in [0.3, 0.4) is 0 Å². The second-order valence-electron chi connectivity index (χ2n) is 9.15. The van der Waals surface area contributed by atoms with E-state index < -0.39 is 6.03 Å². The molecule has 1 aromatic heterocycles. The molecule has 0 atom stereocenters. The Labute approximate surface area is 233 Å². The van der Waals surface area contributed by atoms with Crippen molar-refractivity contribution in [3.8, 4) is 0 Å². The molecule has 1 N–H and O–H groups in total. The molecule has 0 bridgehead atoms. The van der Waals surface area contributed by atoms with Crippen LogP contribution in [0.25, 0.3) is 0 Å². The van der Waals surface area contributed by atoms with Gasteiger partial charge in [-0.3, -0.25) is 9.69 Å². The van der Waals surface area contributed by atoms with Gasteiger partial charge in [-0.05, 0) is 36.8 Å². The summed E-state index contributed by atoms with van der Waals surface area (Å²) in [5.74, 6) is 1.26. The number of carbonyl (C=O) groups excluding carboxylic acids is 2. The number of hydrogen-bond donors (Lipinski definition) is 1. The van der Waals surface area contributed by atoms with Crippen LogP contribution in [0.4, 0.5) is 10.5 Å². The van der Waals surface area contributed by atoms with Crippen molar-refractivity contribution in [1.29, 1.82) is 0 Å². The number of halogens is 2. The van der Waals surface area contributed by atoms with E-state index in [0.29, 0.717) is 55.9 Å². The van der Waals surface area contributed by atoms with Crippen LogP contribution < -0.4 is 5.32 Å². The number of morpholine rings is 1. The number of furan rings is 1. The van der Waals surface area contributed by atoms with Crippen LogP contribution in [0.2, 0.25) is 10.0 Å². The van der Waals surface area contributed by atoms with Gasteiger partial charge in [0.1, 0.15) is 18.1 Å². The van der Waals surface area contributed by atoms with E-state index in [1.165, 1.54) is 4.90 Å². The summed E-state index contributed by atoms with van der Waals surface area (Å²) in [5, 5.41) is 3.41. The molecule has 8 nitrogen and oxygen atoms in total. The molecule has 1 saturated heterocycles. The van der Waals surface area contributed by atoms with Gasteiger partial charge >= 0.3 is 6.03 Å². The fourth-order valence-electron chi connectivity index (χ4n) is 4.19. The molecule has 38 heavy (non-hydrogen) atoms. The number of nitrogens with one attached hydrogen (secondary N) is 1. The molecule has 0 aliphatic carbocycles. The molecule has 202 valence electrons. The Kier molecular flexibility index (Phi) is 10.1. The smallest absolute Gasteiger partial charge is 0.322 e. The maximum Gasteiger partial charge on any atom is 0.322 e. The molecular formula is C28H32Cl2N4O4. The van der Waals surface area contributed by atoms with E-state index in [9.17, 15) is 9.59 Å². The van der Waals surface area contributed by atoms with Gasteiger partial charge in [-0.1, -0.05) is 59.6 Å². The first-order valence-corrected chi connectivity index (χ1v) is 13.3. The average molecular weight is 559 g/mol. The molecule has 0 radical (unpaired) electrons. The summed E-state index contributed by atoms with van der Waals surface area (Å²) in [6.07, 6.45) is 0. The summed E-state index contributed by atoms with van der Waals surface area (Å²) in [6, 6.07) is 18.1. The normalized spacial score (nSPS) is 13.8. The van der Waals surface area contributed by atoms with Gasteiger partial charge in [-0.2, -0.15) is 0 Å². The van der Waals surface area contributed by atoms with Gasteiger partial charge in [0.25, 0.3) is 0 Å². The zero-order valence-electron chi connectivity index (χ0n) is 21.4. The summed E-state index contributed by atoms with van der Waals surface area (Å²) in [5.41, 5.74) is 1.37. The Hall–Kier alpha value is -3.04. The third-order valence-electron chi connectivity index (χ3n) is 6.31. The average Bonchev–Trinajstić information content (AvgIpc) is 3.34. The van der Waals surface area contributed by atoms with Gasteiger partial charge in [-0.15, -0.1) is 0 Å². The molecule has 3 aromatic rings. The summed E-state index contributed by atoms with van der Waals surface area (Å²) in [4.78, 5) is 32.5. The first-order valence-electron chi connectivity index (χ1n) is 12.6. The molecule has 1 fully saturated rings. The minimum absolute atomic E-state index is 0.110. The van der Waals surface area contributed by atoms with Crippen molar-refractivity contribution in [1.82, 2.24) is 14.7 Å². The fraction of sp³-hybridized carbons (Fsp3) is 0.357. The molecule has 3 amide bonds. The molecule has 1 aliphatic rings.